The molecule has 0 bridgehead atoms. The monoisotopic (exact) mass is 463 g/mol. The molecule has 5 nitrogen and oxygen atoms in total. The van der Waals surface area contributed by atoms with Crippen molar-refractivity contribution in [1.82, 2.24) is 4.57 Å². The number of hydrogen-bond donors (Lipinski definition) is 0. The molecule has 0 unspecified atom stereocenters. The first-order valence-electron chi connectivity index (χ1n) is 11.6. The maximum absolute atomic E-state index is 13.1. The second-order valence-electron chi connectivity index (χ2n) is 8.43. The van der Waals surface area contributed by atoms with Crippen LogP contribution in [0.15, 0.2) is 84.9 Å². The lowest BCUT2D eigenvalue weighted by Crippen LogP contribution is -2.09. The highest BCUT2D eigenvalue weighted by atomic mass is 16.5. The standard InChI is InChI=1S/C30H25NO4/c1-4-34-30(33)27-20(3)31(22-13-6-5-7-14-22)28-24-16-9-8-15-23(24)26(18-25(27)28)35-29(32)21-12-10-11-19(2)17-21/h5-18H,4H2,1-3H3. The average molecular weight is 464 g/mol. The summed E-state index contributed by atoms with van der Waals surface area (Å²) in [5, 5.41) is 2.33. The van der Waals surface area contributed by atoms with Crippen molar-refractivity contribution < 1.29 is 19.1 Å². The Bertz CT molecular complexity index is 1580. The number of benzene rings is 4. The third kappa shape index (κ3) is 3.95. The molecule has 0 N–H and O–H groups in total. The summed E-state index contributed by atoms with van der Waals surface area (Å²) in [4.78, 5) is 26.2. The Balaban J connectivity index is 1.80. The smallest absolute Gasteiger partial charge is 0.343 e. The maximum Gasteiger partial charge on any atom is 0.343 e. The van der Waals surface area contributed by atoms with Crippen molar-refractivity contribution in [2.45, 2.75) is 20.8 Å². The summed E-state index contributed by atoms with van der Waals surface area (Å²) in [6.45, 7) is 5.89. The Hall–Kier alpha value is -4.38. The minimum absolute atomic E-state index is 0.263. The van der Waals surface area contributed by atoms with Crippen LogP contribution in [-0.2, 0) is 4.74 Å². The van der Waals surface area contributed by atoms with Crippen molar-refractivity contribution in [2.24, 2.45) is 0 Å². The van der Waals surface area contributed by atoms with E-state index in [0.29, 0.717) is 22.3 Å². The van der Waals surface area contributed by atoms with E-state index in [0.717, 1.165) is 33.2 Å². The molecule has 0 aliphatic rings. The first-order chi connectivity index (χ1) is 17.0. The molecule has 0 saturated heterocycles. The minimum Gasteiger partial charge on any atom is -0.462 e. The fourth-order valence-corrected chi connectivity index (χ4v) is 4.61. The van der Waals surface area contributed by atoms with Gasteiger partial charge in [-0.2, -0.15) is 0 Å². The molecule has 4 aromatic carbocycles. The van der Waals surface area contributed by atoms with Gasteiger partial charge in [-0.1, -0.05) is 60.2 Å². The minimum atomic E-state index is -0.449. The zero-order valence-electron chi connectivity index (χ0n) is 19.9. The molecular formula is C30H25NO4. The Kier molecular flexibility index (Phi) is 5.83. The van der Waals surface area contributed by atoms with Gasteiger partial charge in [0, 0.05) is 27.5 Å². The van der Waals surface area contributed by atoms with Crippen LogP contribution in [0.4, 0.5) is 0 Å². The van der Waals surface area contributed by atoms with Crippen LogP contribution in [0.1, 0.15) is 38.9 Å². The van der Waals surface area contributed by atoms with E-state index < -0.39 is 11.9 Å². The molecule has 0 amide bonds. The summed E-state index contributed by atoms with van der Waals surface area (Å²) >= 11 is 0. The molecule has 0 spiro atoms. The van der Waals surface area contributed by atoms with Gasteiger partial charge in [0.2, 0.25) is 0 Å². The van der Waals surface area contributed by atoms with Crippen LogP contribution < -0.4 is 4.74 Å². The molecule has 5 rings (SSSR count). The van der Waals surface area contributed by atoms with E-state index in [1.165, 1.54) is 0 Å². The number of hydrogen-bond acceptors (Lipinski definition) is 4. The number of aryl methyl sites for hydroxylation is 1. The second kappa shape index (κ2) is 9.11. The predicted molar refractivity (Wildman–Crippen MR) is 138 cm³/mol. The Morgan fingerprint density at radius 1 is 0.771 bits per heavy atom. The molecule has 5 aromatic rings. The van der Waals surface area contributed by atoms with Crippen molar-refractivity contribution in [2.75, 3.05) is 6.61 Å². The van der Waals surface area contributed by atoms with Crippen molar-refractivity contribution in [3.63, 3.8) is 0 Å². The topological polar surface area (TPSA) is 57.5 Å². The van der Waals surface area contributed by atoms with Crippen LogP contribution in [0.3, 0.4) is 0 Å². The molecule has 0 aliphatic heterocycles. The van der Waals surface area contributed by atoms with Crippen LogP contribution in [0.5, 0.6) is 5.75 Å². The van der Waals surface area contributed by atoms with E-state index in [1.54, 1.807) is 25.1 Å². The Morgan fingerprint density at radius 3 is 2.20 bits per heavy atom. The average Bonchev–Trinajstić information content (AvgIpc) is 3.16. The summed E-state index contributed by atoms with van der Waals surface area (Å²) < 4.78 is 13.4. The second-order valence-corrected chi connectivity index (χ2v) is 8.43. The molecule has 174 valence electrons. The number of fused-ring (bicyclic) bond motifs is 3. The maximum atomic E-state index is 13.1. The zero-order valence-corrected chi connectivity index (χ0v) is 19.9. The molecule has 1 heterocycles. The molecule has 35 heavy (non-hydrogen) atoms. The van der Waals surface area contributed by atoms with E-state index in [2.05, 4.69) is 4.57 Å². The largest absolute Gasteiger partial charge is 0.462 e. The van der Waals surface area contributed by atoms with Crippen LogP contribution in [0.25, 0.3) is 27.4 Å². The zero-order chi connectivity index (χ0) is 24.5. The summed E-state index contributed by atoms with van der Waals surface area (Å²) in [6.07, 6.45) is 0. The van der Waals surface area contributed by atoms with Crippen LogP contribution in [0.2, 0.25) is 0 Å². The SMILES string of the molecule is CCOC(=O)c1c(C)n(-c2ccccc2)c2c1cc(OC(=O)c1cccc(C)c1)c1ccccc12. The lowest BCUT2D eigenvalue weighted by Gasteiger charge is -2.13. The highest BCUT2D eigenvalue weighted by Gasteiger charge is 2.25. The molecular weight excluding hydrogens is 438 g/mol. The lowest BCUT2D eigenvalue weighted by molar-refractivity contribution is 0.0527. The van der Waals surface area contributed by atoms with Gasteiger partial charge in [-0.25, -0.2) is 9.59 Å². The fraction of sp³-hybridized carbons (Fsp3) is 0.133. The molecule has 0 saturated carbocycles. The van der Waals surface area contributed by atoms with Gasteiger partial charge in [-0.3, -0.25) is 0 Å². The number of carbonyl (C=O) groups is 2. The molecule has 0 fully saturated rings. The van der Waals surface area contributed by atoms with Gasteiger partial charge in [-0.05, 0) is 51.1 Å². The van der Waals surface area contributed by atoms with Crippen molar-refractivity contribution in [3.8, 4) is 11.4 Å². The van der Waals surface area contributed by atoms with Gasteiger partial charge in [0.05, 0.1) is 23.3 Å². The molecule has 5 heteroatoms. The van der Waals surface area contributed by atoms with Crippen LogP contribution in [-0.4, -0.2) is 23.1 Å². The van der Waals surface area contributed by atoms with E-state index in [1.807, 2.05) is 80.6 Å². The van der Waals surface area contributed by atoms with Gasteiger partial charge in [0.25, 0.3) is 0 Å². The van der Waals surface area contributed by atoms with Crippen molar-refractivity contribution >= 4 is 33.6 Å². The highest BCUT2D eigenvalue weighted by Crippen LogP contribution is 2.40. The first kappa shape index (κ1) is 22.4. The van der Waals surface area contributed by atoms with Gasteiger partial charge in [0.1, 0.15) is 5.75 Å². The third-order valence-electron chi connectivity index (χ3n) is 6.12. The molecule has 0 radical (unpaired) electrons. The number of ether oxygens (including phenoxy) is 2. The van der Waals surface area contributed by atoms with Gasteiger partial charge in [-0.15, -0.1) is 0 Å². The number of aromatic nitrogens is 1. The predicted octanol–water partition coefficient (Wildman–Crippen LogP) is 6.80. The van der Waals surface area contributed by atoms with Crippen LogP contribution >= 0.6 is 0 Å². The number of nitrogens with zero attached hydrogens (tertiary/aromatic N) is 1. The number of para-hydroxylation sites is 1. The van der Waals surface area contributed by atoms with Gasteiger partial charge in [0.15, 0.2) is 0 Å². The number of carbonyl (C=O) groups excluding carboxylic acids is 2. The molecule has 1 aromatic heterocycles. The number of esters is 2. The summed E-state index contributed by atoms with van der Waals surface area (Å²) in [5.41, 5.74) is 4.46. The quantitative estimate of drug-likeness (QED) is 0.213. The fourth-order valence-electron chi connectivity index (χ4n) is 4.61. The normalized spacial score (nSPS) is 11.1. The molecule has 0 atom stereocenters. The summed E-state index contributed by atoms with van der Waals surface area (Å²) in [6, 6.07) is 26.7. The van der Waals surface area contributed by atoms with E-state index in [4.69, 9.17) is 9.47 Å². The Morgan fingerprint density at radius 2 is 1.49 bits per heavy atom. The highest BCUT2D eigenvalue weighted by molar-refractivity contribution is 6.17. The summed E-state index contributed by atoms with van der Waals surface area (Å²) in [5.74, 6) is -0.457. The van der Waals surface area contributed by atoms with E-state index >= 15 is 0 Å². The number of rotatable bonds is 5. The van der Waals surface area contributed by atoms with Gasteiger partial charge >= 0.3 is 11.9 Å². The lowest BCUT2D eigenvalue weighted by atomic mass is 10.0. The van der Waals surface area contributed by atoms with E-state index in [9.17, 15) is 9.59 Å². The third-order valence-corrected chi connectivity index (χ3v) is 6.12. The Labute approximate surface area is 203 Å². The van der Waals surface area contributed by atoms with Crippen molar-refractivity contribution in [1.29, 1.82) is 0 Å². The van der Waals surface area contributed by atoms with E-state index in [-0.39, 0.29) is 6.61 Å². The van der Waals surface area contributed by atoms with Crippen LogP contribution in [0, 0.1) is 13.8 Å². The molecule has 0 aliphatic carbocycles. The summed E-state index contributed by atoms with van der Waals surface area (Å²) in [7, 11) is 0. The van der Waals surface area contributed by atoms with Gasteiger partial charge < -0.3 is 14.0 Å². The van der Waals surface area contributed by atoms with Crippen molar-refractivity contribution in [3.05, 3.63) is 107 Å². The first-order valence-corrected chi connectivity index (χ1v) is 11.6.